The second-order valence-electron chi connectivity index (χ2n) is 4.17. The van der Waals surface area contributed by atoms with Gasteiger partial charge >= 0.3 is 0 Å². The Morgan fingerprint density at radius 3 is 2.65 bits per heavy atom. The van der Waals surface area contributed by atoms with E-state index < -0.39 is 0 Å². The summed E-state index contributed by atoms with van der Waals surface area (Å²) in [6, 6.07) is 9.68. The molecule has 106 valence electrons. The summed E-state index contributed by atoms with van der Waals surface area (Å²) >= 11 is 11.8. The Labute approximate surface area is 127 Å². The summed E-state index contributed by atoms with van der Waals surface area (Å²) in [6.45, 7) is 3.11. The third-order valence-corrected chi connectivity index (χ3v) is 3.49. The highest BCUT2D eigenvalue weighted by molar-refractivity contribution is 6.42. The van der Waals surface area contributed by atoms with E-state index in [1.165, 1.54) is 6.07 Å². The molecule has 2 aromatic rings. The topological polar surface area (TPSA) is 21.3 Å². The van der Waals surface area contributed by atoms with Crippen LogP contribution in [0.1, 0.15) is 12.5 Å². The second-order valence-corrected chi connectivity index (χ2v) is 4.99. The van der Waals surface area contributed by atoms with Gasteiger partial charge in [-0.25, -0.2) is 4.39 Å². The highest BCUT2D eigenvalue weighted by Crippen LogP contribution is 2.31. The van der Waals surface area contributed by atoms with Crippen LogP contribution in [-0.4, -0.2) is 6.54 Å². The average molecular weight is 314 g/mol. The minimum atomic E-state index is -0.302. The van der Waals surface area contributed by atoms with E-state index in [0.717, 1.165) is 6.54 Å². The highest BCUT2D eigenvalue weighted by atomic mass is 35.5. The largest absolute Gasteiger partial charge is 0.457 e. The third kappa shape index (κ3) is 3.63. The summed E-state index contributed by atoms with van der Waals surface area (Å²) in [6.07, 6.45) is 0. The van der Waals surface area contributed by atoms with Crippen molar-refractivity contribution in [2.24, 2.45) is 0 Å². The van der Waals surface area contributed by atoms with Crippen LogP contribution in [0.4, 0.5) is 4.39 Å². The molecule has 0 amide bonds. The molecule has 0 aromatic heterocycles. The molecule has 0 fully saturated rings. The zero-order valence-corrected chi connectivity index (χ0v) is 12.4. The van der Waals surface area contributed by atoms with Gasteiger partial charge in [0.1, 0.15) is 17.3 Å². The van der Waals surface area contributed by atoms with E-state index in [-0.39, 0.29) is 5.82 Å². The van der Waals surface area contributed by atoms with E-state index in [1.54, 1.807) is 30.3 Å². The maximum atomic E-state index is 13.9. The lowest BCUT2D eigenvalue weighted by molar-refractivity contribution is 0.463. The van der Waals surface area contributed by atoms with E-state index in [9.17, 15) is 4.39 Å². The fraction of sp³-hybridized carbons (Fsp3) is 0.200. The van der Waals surface area contributed by atoms with Crippen LogP contribution >= 0.6 is 23.2 Å². The molecule has 0 saturated heterocycles. The van der Waals surface area contributed by atoms with Gasteiger partial charge < -0.3 is 10.1 Å². The Kier molecular flexibility index (Phi) is 5.24. The molecule has 2 aromatic carbocycles. The number of hydrogen-bond acceptors (Lipinski definition) is 2. The third-order valence-electron chi connectivity index (χ3n) is 2.75. The van der Waals surface area contributed by atoms with Gasteiger partial charge in [0.2, 0.25) is 0 Å². The van der Waals surface area contributed by atoms with Gasteiger partial charge in [0.05, 0.1) is 10.0 Å². The lowest BCUT2D eigenvalue weighted by atomic mass is 10.2. The zero-order valence-electron chi connectivity index (χ0n) is 10.9. The quantitative estimate of drug-likeness (QED) is 0.835. The Morgan fingerprint density at radius 2 is 1.95 bits per heavy atom. The summed E-state index contributed by atoms with van der Waals surface area (Å²) in [7, 11) is 0. The summed E-state index contributed by atoms with van der Waals surface area (Å²) in [5, 5.41) is 3.93. The number of rotatable bonds is 5. The smallest absolute Gasteiger partial charge is 0.134 e. The Balaban J connectivity index is 2.28. The van der Waals surface area contributed by atoms with Gasteiger partial charge in [-0.3, -0.25) is 0 Å². The number of ether oxygens (including phenoxy) is 1. The van der Waals surface area contributed by atoms with Crippen molar-refractivity contribution in [1.29, 1.82) is 0 Å². The van der Waals surface area contributed by atoms with E-state index in [2.05, 4.69) is 5.32 Å². The zero-order chi connectivity index (χ0) is 14.5. The van der Waals surface area contributed by atoms with Crippen molar-refractivity contribution in [2.45, 2.75) is 13.5 Å². The van der Waals surface area contributed by atoms with Gasteiger partial charge in [-0.05, 0) is 30.8 Å². The van der Waals surface area contributed by atoms with Crippen molar-refractivity contribution >= 4 is 23.2 Å². The van der Waals surface area contributed by atoms with Crippen LogP contribution in [-0.2, 0) is 6.54 Å². The molecule has 2 nitrogen and oxygen atoms in total. The number of benzene rings is 2. The van der Waals surface area contributed by atoms with Crippen molar-refractivity contribution in [3.8, 4) is 11.5 Å². The maximum Gasteiger partial charge on any atom is 0.134 e. The molecule has 0 aliphatic heterocycles. The van der Waals surface area contributed by atoms with Crippen LogP contribution < -0.4 is 10.1 Å². The van der Waals surface area contributed by atoms with Crippen LogP contribution in [0.5, 0.6) is 11.5 Å². The van der Waals surface area contributed by atoms with E-state index in [0.29, 0.717) is 33.7 Å². The van der Waals surface area contributed by atoms with Crippen molar-refractivity contribution in [1.82, 2.24) is 5.32 Å². The van der Waals surface area contributed by atoms with Gasteiger partial charge in [0, 0.05) is 18.2 Å². The molecular weight excluding hydrogens is 300 g/mol. The Morgan fingerprint density at radius 1 is 1.15 bits per heavy atom. The van der Waals surface area contributed by atoms with Gasteiger partial charge in [0.25, 0.3) is 0 Å². The van der Waals surface area contributed by atoms with Crippen molar-refractivity contribution in [2.75, 3.05) is 6.54 Å². The minimum absolute atomic E-state index is 0.302. The molecule has 1 N–H and O–H groups in total. The summed E-state index contributed by atoms with van der Waals surface area (Å²) < 4.78 is 19.6. The van der Waals surface area contributed by atoms with Crippen molar-refractivity contribution < 1.29 is 9.13 Å². The van der Waals surface area contributed by atoms with Crippen LogP contribution in [0, 0.1) is 5.82 Å². The van der Waals surface area contributed by atoms with Crippen molar-refractivity contribution in [3.05, 3.63) is 57.8 Å². The first kappa shape index (κ1) is 15.1. The Bertz CT molecular complexity index is 604. The fourth-order valence-corrected chi connectivity index (χ4v) is 2.01. The molecule has 5 heteroatoms. The molecule has 0 saturated carbocycles. The molecule has 0 heterocycles. The standard InChI is InChI=1S/C15H14Cl2FNO/c1-2-19-9-11-14(18)4-3-5-15(11)20-10-6-7-12(16)13(17)8-10/h3-8,19H,2,9H2,1H3. The second kappa shape index (κ2) is 6.93. The fourth-order valence-electron chi connectivity index (χ4n) is 1.72. The van der Waals surface area contributed by atoms with Gasteiger partial charge in [-0.1, -0.05) is 36.2 Å². The molecule has 0 atom stereocenters. The predicted molar refractivity (Wildman–Crippen MR) is 80.3 cm³/mol. The normalized spacial score (nSPS) is 10.6. The van der Waals surface area contributed by atoms with E-state index >= 15 is 0 Å². The van der Waals surface area contributed by atoms with Crippen LogP contribution in [0.2, 0.25) is 10.0 Å². The lowest BCUT2D eigenvalue weighted by Crippen LogP contribution is -2.13. The molecule has 20 heavy (non-hydrogen) atoms. The molecule has 0 spiro atoms. The van der Waals surface area contributed by atoms with Crippen molar-refractivity contribution in [3.63, 3.8) is 0 Å². The molecule has 0 radical (unpaired) electrons. The number of nitrogens with one attached hydrogen (secondary N) is 1. The predicted octanol–water partition coefficient (Wildman–Crippen LogP) is 5.03. The average Bonchev–Trinajstić information content (AvgIpc) is 2.42. The van der Waals surface area contributed by atoms with Gasteiger partial charge in [-0.15, -0.1) is 0 Å². The van der Waals surface area contributed by atoms with Crippen LogP contribution in [0.25, 0.3) is 0 Å². The summed E-state index contributed by atoms with van der Waals surface area (Å²) in [4.78, 5) is 0. The minimum Gasteiger partial charge on any atom is -0.457 e. The maximum absolute atomic E-state index is 13.9. The first-order valence-electron chi connectivity index (χ1n) is 6.23. The van der Waals surface area contributed by atoms with Gasteiger partial charge in [0.15, 0.2) is 0 Å². The van der Waals surface area contributed by atoms with Gasteiger partial charge in [-0.2, -0.15) is 0 Å². The number of halogens is 3. The lowest BCUT2D eigenvalue weighted by Gasteiger charge is -2.12. The van der Waals surface area contributed by atoms with E-state index in [1.807, 2.05) is 6.92 Å². The summed E-state index contributed by atoms with van der Waals surface area (Å²) in [5.74, 6) is 0.676. The monoisotopic (exact) mass is 313 g/mol. The summed E-state index contributed by atoms with van der Waals surface area (Å²) in [5.41, 5.74) is 0.487. The molecule has 2 rings (SSSR count). The van der Waals surface area contributed by atoms with Crippen LogP contribution in [0.15, 0.2) is 36.4 Å². The highest BCUT2D eigenvalue weighted by Gasteiger charge is 2.10. The first-order chi connectivity index (χ1) is 9.61. The molecule has 0 aliphatic rings. The SMILES string of the molecule is CCNCc1c(F)cccc1Oc1ccc(Cl)c(Cl)c1. The van der Waals surface area contributed by atoms with E-state index in [4.69, 9.17) is 27.9 Å². The Hall–Kier alpha value is -1.29. The number of hydrogen-bond donors (Lipinski definition) is 1. The first-order valence-corrected chi connectivity index (χ1v) is 6.98. The molecule has 0 unspecified atom stereocenters. The molecule has 0 bridgehead atoms. The molecule has 0 aliphatic carbocycles. The van der Waals surface area contributed by atoms with Crippen LogP contribution in [0.3, 0.4) is 0 Å². The molecular formula is C15H14Cl2FNO.